The molecule has 0 saturated heterocycles. The van der Waals surface area contributed by atoms with E-state index in [1.807, 2.05) is 31.4 Å². The number of pyridine rings is 2. The number of fused-ring (bicyclic) bond motifs is 1. The SMILES string of the molecule is COc1cc(Cc2ccc3ncc(-c4cnn(C)c4)cc3n2)c(F)c(OC)c1. The number of ether oxygens (including phenoxy) is 2. The van der Waals surface area contributed by atoms with Crippen LogP contribution in [0.4, 0.5) is 4.39 Å². The Balaban J connectivity index is 1.72. The molecule has 6 nitrogen and oxygen atoms in total. The third kappa shape index (κ3) is 3.38. The van der Waals surface area contributed by atoms with Crippen LogP contribution in [0.3, 0.4) is 0 Å². The van der Waals surface area contributed by atoms with Crippen LogP contribution < -0.4 is 9.47 Å². The highest BCUT2D eigenvalue weighted by molar-refractivity contribution is 5.80. The molecule has 0 amide bonds. The third-order valence-electron chi connectivity index (χ3n) is 4.55. The number of hydrogen-bond donors (Lipinski definition) is 0. The number of rotatable bonds is 5. The molecule has 4 aromatic rings. The molecule has 0 aliphatic carbocycles. The summed E-state index contributed by atoms with van der Waals surface area (Å²) in [5, 5.41) is 4.19. The van der Waals surface area contributed by atoms with Gasteiger partial charge in [0.05, 0.1) is 31.4 Å². The second-order valence-corrected chi connectivity index (χ2v) is 6.45. The first-order chi connectivity index (χ1) is 13.6. The van der Waals surface area contributed by atoms with E-state index in [0.29, 0.717) is 17.7 Å². The van der Waals surface area contributed by atoms with E-state index in [-0.39, 0.29) is 5.75 Å². The normalized spacial score (nSPS) is 11.0. The molecule has 0 atom stereocenters. The standard InChI is InChI=1S/C21H19FN4O2/c1-26-12-15(11-24-26)14-8-19-18(23-10-14)5-4-16(25-19)6-13-7-17(27-2)9-20(28-3)21(13)22/h4-5,7-12H,6H2,1-3H3. The predicted molar refractivity (Wildman–Crippen MR) is 104 cm³/mol. The Bertz CT molecular complexity index is 1160. The second-order valence-electron chi connectivity index (χ2n) is 6.45. The smallest absolute Gasteiger partial charge is 0.168 e. The molecule has 0 aliphatic rings. The molecule has 0 radical (unpaired) electrons. The Morgan fingerprint density at radius 3 is 2.57 bits per heavy atom. The molecule has 7 heteroatoms. The summed E-state index contributed by atoms with van der Waals surface area (Å²) < 4.78 is 26.7. The van der Waals surface area contributed by atoms with Gasteiger partial charge in [0.1, 0.15) is 5.75 Å². The van der Waals surface area contributed by atoms with Gasteiger partial charge in [0.25, 0.3) is 0 Å². The molecule has 0 fully saturated rings. The number of benzene rings is 1. The quantitative estimate of drug-likeness (QED) is 0.529. The maximum absolute atomic E-state index is 14.6. The van der Waals surface area contributed by atoms with Crippen LogP contribution in [0.15, 0.2) is 48.9 Å². The average Bonchev–Trinajstić information content (AvgIpc) is 3.15. The molecule has 0 saturated carbocycles. The van der Waals surface area contributed by atoms with Crippen LogP contribution in [0, 0.1) is 5.82 Å². The Hall–Kier alpha value is -3.48. The Kier molecular flexibility index (Phi) is 4.65. The lowest BCUT2D eigenvalue weighted by Gasteiger charge is -2.11. The van der Waals surface area contributed by atoms with Gasteiger partial charge in [0, 0.05) is 54.3 Å². The van der Waals surface area contributed by atoms with E-state index in [1.165, 1.54) is 20.3 Å². The fraction of sp³-hybridized carbons (Fsp3) is 0.190. The highest BCUT2D eigenvalue weighted by Crippen LogP contribution is 2.29. The summed E-state index contributed by atoms with van der Waals surface area (Å²) >= 11 is 0. The van der Waals surface area contributed by atoms with Crippen LogP contribution in [0.2, 0.25) is 0 Å². The van der Waals surface area contributed by atoms with Gasteiger partial charge in [-0.05, 0) is 24.3 Å². The van der Waals surface area contributed by atoms with Crippen molar-refractivity contribution in [2.24, 2.45) is 7.05 Å². The van der Waals surface area contributed by atoms with Gasteiger partial charge in [-0.15, -0.1) is 0 Å². The maximum Gasteiger partial charge on any atom is 0.168 e. The summed E-state index contributed by atoms with van der Waals surface area (Å²) in [6.07, 6.45) is 5.81. The van der Waals surface area contributed by atoms with Gasteiger partial charge in [-0.25, -0.2) is 4.39 Å². The molecule has 3 heterocycles. The van der Waals surface area contributed by atoms with Crippen molar-refractivity contribution in [1.82, 2.24) is 19.7 Å². The topological polar surface area (TPSA) is 62.1 Å². The van der Waals surface area contributed by atoms with Gasteiger partial charge >= 0.3 is 0 Å². The molecule has 4 rings (SSSR count). The van der Waals surface area contributed by atoms with E-state index >= 15 is 0 Å². The lowest BCUT2D eigenvalue weighted by Crippen LogP contribution is -2.00. The zero-order valence-corrected chi connectivity index (χ0v) is 15.8. The molecular formula is C21H19FN4O2. The van der Waals surface area contributed by atoms with Crippen LogP contribution in [-0.4, -0.2) is 34.0 Å². The van der Waals surface area contributed by atoms with Gasteiger partial charge in [-0.2, -0.15) is 5.10 Å². The molecule has 0 N–H and O–H groups in total. The molecule has 1 aromatic carbocycles. The third-order valence-corrected chi connectivity index (χ3v) is 4.55. The van der Waals surface area contributed by atoms with Gasteiger partial charge in [0.15, 0.2) is 11.6 Å². The molecule has 0 aliphatic heterocycles. The van der Waals surface area contributed by atoms with Gasteiger partial charge in [-0.1, -0.05) is 0 Å². The minimum Gasteiger partial charge on any atom is -0.497 e. The van der Waals surface area contributed by atoms with E-state index in [0.717, 1.165) is 27.9 Å². The summed E-state index contributed by atoms with van der Waals surface area (Å²) in [6.45, 7) is 0. The number of hydrogen-bond acceptors (Lipinski definition) is 5. The number of aryl methyl sites for hydroxylation is 1. The zero-order chi connectivity index (χ0) is 19.7. The lowest BCUT2D eigenvalue weighted by molar-refractivity contribution is 0.371. The second kappa shape index (κ2) is 7.26. The van der Waals surface area contributed by atoms with Crippen LogP contribution in [0.1, 0.15) is 11.3 Å². The molecule has 0 unspecified atom stereocenters. The van der Waals surface area contributed by atoms with Crippen molar-refractivity contribution in [2.45, 2.75) is 6.42 Å². The van der Waals surface area contributed by atoms with Gasteiger partial charge in [0.2, 0.25) is 0 Å². The van der Waals surface area contributed by atoms with Crippen molar-refractivity contribution in [3.05, 3.63) is 66.0 Å². The maximum atomic E-state index is 14.6. The first-order valence-electron chi connectivity index (χ1n) is 8.72. The van der Waals surface area contributed by atoms with Crippen molar-refractivity contribution >= 4 is 11.0 Å². The molecule has 142 valence electrons. The monoisotopic (exact) mass is 378 g/mol. The fourth-order valence-electron chi connectivity index (χ4n) is 3.09. The van der Waals surface area contributed by atoms with E-state index in [4.69, 9.17) is 9.47 Å². The average molecular weight is 378 g/mol. The molecule has 0 bridgehead atoms. The van der Waals surface area contributed by atoms with Crippen molar-refractivity contribution in [1.29, 1.82) is 0 Å². The molecular weight excluding hydrogens is 359 g/mol. The minimum absolute atomic E-state index is 0.149. The van der Waals surface area contributed by atoms with Crippen LogP contribution in [0.25, 0.3) is 22.2 Å². The number of methoxy groups -OCH3 is 2. The minimum atomic E-state index is -0.410. The first kappa shape index (κ1) is 17.9. The van der Waals surface area contributed by atoms with Crippen LogP contribution >= 0.6 is 0 Å². The Morgan fingerprint density at radius 1 is 1.00 bits per heavy atom. The summed E-state index contributed by atoms with van der Waals surface area (Å²) in [4.78, 5) is 9.15. The highest BCUT2D eigenvalue weighted by Gasteiger charge is 2.14. The Morgan fingerprint density at radius 2 is 1.86 bits per heavy atom. The molecule has 0 spiro atoms. The van der Waals surface area contributed by atoms with Crippen molar-refractivity contribution in [2.75, 3.05) is 14.2 Å². The number of aromatic nitrogens is 4. The zero-order valence-electron chi connectivity index (χ0n) is 15.8. The summed E-state index contributed by atoms with van der Waals surface area (Å²) in [7, 11) is 4.84. The largest absolute Gasteiger partial charge is 0.497 e. The van der Waals surface area contributed by atoms with E-state index in [2.05, 4.69) is 15.1 Å². The van der Waals surface area contributed by atoms with Gasteiger partial charge < -0.3 is 9.47 Å². The van der Waals surface area contributed by atoms with E-state index < -0.39 is 5.82 Å². The first-order valence-corrected chi connectivity index (χ1v) is 8.72. The molecule has 28 heavy (non-hydrogen) atoms. The molecule has 3 aromatic heterocycles. The van der Waals surface area contributed by atoms with Gasteiger partial charge in [-0.3, -0.25) is 14.6 Å². The van der Waals surface area contributed by atoms with Crippen molar-refractivity contribution in [3.63, 3.8) is 0 Å². The summed E-state index contributed by atoms with van der Waals surface area (Å²) in [6, 6.07) is 8.89. The van der Waals surface area contributed by atoms with E-state index in [1.54, 1.807) is 23.1 Å². The predicted octanol–water partition coefficient (Wildman–Crippen LogP) is 3.78. The van der Waals surface area contributed by atoms with Crippen molar-refractivity contribution in [3.8, 4) is 22.6 Å². The number of halogens is 1. The summed E-state index contributed by atoms with van der Waals surface area (Å²) in [5.74, 6) is 0.276. The van der Waals surface area contributed by atoms with Crippen molar-refractivity contribution < 1.29 is 13.9 Å². The number of nitrogens with zero attached hydrogens (tertiary/aromatic N) is 4. The Labute approximate surface area is 161 Å². The highest BCUT2D eigenvalue weighted by atomic mass is 19.1. The fourth-order valence-corrected chi connectivity index (χ4v) is 3.09. The van der Waals surface area contributed by atoms with Crippen LogP contribution in [-0.2, 0) is 13.5 Å². The summed E-state index contributed by atoms with van der Waals surface area (Å²) in [5.41, 5.74) is 4.60. The lowest BCUT2D eigenvalue weighted by atomic mass is 10.1. The van der Waals surface area contributed by atoms with E-state index in [9.17, 15) is 4.39 Å². The van der Waals surface area contributed by atoms with Crippen LogP contribution in [0.5, 0.6) is 11.5 Å².